The van der Waals surface area contributed by atoms with Crippen LogP contribution >= 0.6 is 0 Å². The normalized spacial score (nSPS) is 25.5. The van der Waals surface area contributed by atoms with Gasteiger partial charge in [-0.05, 0) is 44.0 Å². The Morgan fingerprint density at radius 2 is 2.20 bits per heavy atom. The Balaban J connectivity index is 2.10. The molecule has 0 radical (unpaired) electrons. The van der Waals surface area contributed by atoms with Crippen molar-refractivity contribution in [1.29, 1.82) is 0 Å². The summed E-state index contributed by atoms with van der Waals surface area (Å²) in [4.78, 5) is 0. The number of halogens is 1. The molecule has 2 nitrogen and oxygen atoms in total. The highest BCUT2D eigenvalue weighted by Crippen LogP contribution is 2.20. The van der Waals surface area contributed by atoms with Gasteiger partial charge in [-0.2, -0.15) is 0 Å². The van der Waals surface area contributed by atoms with Gasteiger partial charge in [0, 0.05) is 12.3 Å². The minimum Gasteiger partial charge on any atom is -0.380 e. The molecular weight excluding hydrogens is 193 g/mol. The van der Waals surface area contributed by atoms with E-state index in [-0.39, 0.29) is 11.9 Å². The fraction of sp³-hybridized carbons (Fsp3) is 0.500. The van der Waals surface area contributed by atoms with Crippen LogP contribution in [0.25, 0.3) is 0 Å². The molecule has 1 saturated heterocycles. The van der Waals surface area contributed by atoms with Gasteiger partial charge in [0.2, 0.25) is 0 Å². The van der Waals surface area contributed by atoms with Crippen molar-refractivity contribution in [3.05, 3.63) is 29.6 Å². The van der Waals surface area contributed by atoms with E-state index >= 15 is 0 Å². The second kappa shape index (κ2) is 4.19. The van der Waals surface area contributed by atoms with Crippen molar-refractivity contribution in [2.75, 3.05) is 11.9 Å². The molecule has 0 amide bonds. The zero-order valence-electron chi connectivity index (χ0n) is 9.09. The number of nitrogens with one attached hydrogen (secondary N) is 1. The van der Waals surface area contributed by atoms with Crippen LogP contribution in [0.1, 0.15) is 18.9 Å². The number of benzene rings is 1. The largest absolute Gasteiger partial charge is 0.380 e. The highest BCUT2D eigenvalue weighted by Gasteiger charge is 2.23. The Hall–Kier alpha value is -1.09. The van der Waals surface area contributed by atoms with Crippen LogP contribution in [0.15, 0.2) is 18.2 Å². The summed E-state index contributed by atoms with van der Waals surface area (Å²) < 4.78 is 18.6. The number of hydrogen-bond acceptors (Lipinski definition) is 2. The van der Waals surface area contributed by atoms with Crippen LogP contribution in [-0.2, 0) is 4.74 Å². The summed E-state index contributed by atoms with van der Waals surface area (Å²) in [6.45, 7) is 4.72. The van der Waals surface area contributed by atoms with Crippen LogP contribution < -0.4 is 5.32 Å². The van der Waals surface area contributed by atoms with Crippen molar-refractivity contribution in [2.24, 2.45) is 0 Å². The molecule has 1 heterocycles. The lowest BCUT2D eigenvalue weighted by atomic mass is 10.1. The Bertz CT molecular complexity index is 333. The molecule has 1 N–H and O–H groups in total. The Labute approximate surface area is 89.4 Å². The molecule has 1 aromatic rings. The fourth-order valence-corrected chi connectivity index (χ4v) is 1.96. The second-order valence-corrected chi connectivity index (χ2v) is 4.13. The van der Waals surface area contributed by atoms with Gasteiger partial charge < -0.3 is 10.1 Å². The zero-order valence-corrected chi connectivity index (χ0v) is 9.09. The van der Waals surface area contributed by atoms with Crippen molar-refractivity contribution in [1.82, 2.24) is 0 Å². The molecule has 2 atom stereocenters. The lowest BCUT2D eigenvalue weighted by molar-refractivity contribution is 0.121. The molecule has 0 aromatic heterocycles. The van der Waals surface area contributed by atoms with Crippen molar-refractivity contribution in [2.45, 2.75) is 32.4 Å². The summed E-state index contributed by atoms with van der Waals surface area (Å²) in [5.41, 5.74) is 1.78. The average Bonchev–Trinajstić information content (AvgIpc) is 2.50. The van der Waals surface area contributed by atoms with Crippen LogP contribution in [0.4, 0.5) is 10.1 Å². The first-order chi connectivity index (χ1) is 7.15. The van der Waals surface area contributed by atoms with Crippen LogP contribution in [0.5, 0.6) is 0 Å². The van der Waals surface area contributed by atoms with Crippen molar-refractivity contribution >= 4 is 5.69 Å². The van der Waals surface area contributed by atoms with E-state index in [0.29, 0.717) is 6.04 Å². The van der Waals surface area contributed by atoms with Crippen LogP contribution in [0, 0.1) is 12.7 Å². The second-order valence-electron chi connectivity index (χ2n) is 4.13. The highest BCUT2D eigenvalue weighted by atomic mass is 19.1. The van der Waals surface area contributed by atoms with E-state index in [9.17, 15) is 4.39 Å². The number of hydrogen-bond donors (Lipinski definition) is 1. The van der Waals surface area contributed by atoms with Gasteiger partial charge in [-0.3, -0.25) is 0 Å². The topological polar surface area (TPSA) is 21.3 Å². The van der Waals surface area contributed by atoms with Crippen molar-refractivity contribution in [3.63, 3.8) is 0 Å². The summed E-state index contributed by atoms with van der Waals surface area (Å²) in [5, 5.41) is 3.31. The molecule has 0 saturated carbocycles. The van der Waals surface area contributed by atoms with Gasteiger partial charge in [-0.25, -0.2) is 4.39 Å². The van der Waals surface area contributed by atoms with E-state index in [1.165, 1.54) is 12.1 Å². The summed E-state index contributed by atoms with van der Waals surface area (Å²) in [6, 6.07) is 5.30. The SMILES string of the molecule is Cc1cc(F)cc(N[C@@H]2CCO[C@@H]2C)c1. The number of anilines is 1. The zero-order chi connectivity index (χ0) is 10.8. The fourth-order valence-electron chi connectivity index (χ4n) is 1.96. The first kappa shape index (κ1) is 10.4. The minimum atomic E-state index is -0.191. The van der Waals surface area contributed by atoms with Crippen LogP contribution in [0.3, 0.4) is 0 Å². The van der Waals surface area contributed by atoms with Gasteiger partial charge in [0.05, 0.1) is 12.1 Å². The quantitative estimate of drug-likeness (QED) is 0.808. The predicted molar refractivity (Wildman–Crippen MR) is 58.6 cm³/mol. The molecule has 82 valence electrons. The third-order valence-corrected chi connectivity index (χ3v) is 2.77. The third-order valence-electron chi connectivity index (χ3n) is 2.77. The summed E-state index contributed by atoms with van der Waals surface area (Å²) >= 11 is 0. The molecule has 1 fully saturated rings. The molecule has 3 heteroatoms. The molecule has 1 aliphatic rings. The molecule has 15 heavy (non-hydrogen) atoms. The predicted octanol–water partition coefficient (Wildman–Crippen LogP) is 2.72. The monoisotopic (exact) mass is 209 g/mol. The number of ether oxygens (including phenoxy) is 1. The van der Waals surface area contributed by atoms with Gasteiger partial charge in [0.15, 0.2) is 0 Å². The van der Waals surface area contributed by atoms with E-state index in [4.69, 9.17) is 4.74 Å². The maximum absolute atomic E-state index is 13.1. The number of aryl methyl sites for hydroxylation is 1. The molecule has 1 aliphatic heterocycles. The lowest BCUT2D eigenvalue weighted by Crippen LogP contribution is -2.26. The first-order valence-electron chi connectivity index (χ1n) is 5.30. The Morgan fingerprint density at radius 3 is 2.80 bits per heavy atom. The third kappa shape index (κ3) is 2.48. The lowest BCUT2D eigenvalue weighted by Gasteiger charge is -2.17. The van der Waals surface area contributed by atoms with Gasteiger partial charge >= 0.3 is 0 Å². The average molecular weight is 209 g/mol. The molecule has 0 unspecified atom stereocenters. The van der Waals surface area contributed by atoms with Gasteiger partial charge in [0.1, 0.15) is 5.82 Å². The van der Waals surface area contributed by atoms with Crippen LogP contribution in [0.2, 0.25) is 0 Å². The minimum absolute atomic E-state index is 0.191. The van der Waals surface area contributed by atoms with Crippen molar-refractivity contribution in [3.8, 4) is 0 Å². The summed E-state index contributed by atoms with van der Waals surface area (Å²) in [6.07, 6.45) is 1.19. The Morgan fingerprint density at radius 1 is 1.40 bits per heavy atom. The Kier molecular flexibility index (Phi) is 2.91. The van der Waals surface area contributed by atoms with Crippen molar-refractivity contribution < 1.29 is 9.13 Å². The van der Waals surface area contributed by atoms with E-state index in [2.05, 4.69) is 5.32 Å². The number of rotatable bonds is 2. The van der Waals surface area contributed by atoms with Gasteiger partial charge in [-0.1, -0.05) is 0 Å². The molecule has 0 bridgehead atoms. The van der Waals surface area contributed by atoms with E-state index in [1.807, 2.05) is 19.9 Å². The molecule has 0 aliphatic carbocycles. The molecular formula is C12H16FNO. The summed E-state index contributed by atoms with van der Waals surface area (Å²) in [5.74, 6) is -0.191. The van der Waals surface area contributed by atoms with Crippen LogP contribution in [-0.4, -0.2) is 18.8 Å². The van der Waals surface area contributed by atoms with Gasteiger partial charge in [0.25, 0.3) is 0 Å². The smallest absolute Gasteiger partial charge is 0.125 e. The van der Waals surface area contributed by atoms with E-state index in [1.54, 1.807) is 0 Å². The molecule has 1 aromatic carbocycles. The van der Waals surface area contributed by atoms with Gasteiger partial charge in [-0.15, -0.1) is 0 Å². The highest BCUT2D eigenvalue weighted by molar-refractivity contribution is 5.47. The molecule has 2 rings (SSSR count). The standard InChI is InChI=1S/C12H16FNO/c1-8-5-10(13)7-11(6-8)14-12-3-4-15-9(12)2/h5-7,9,12,14H,3-4H2,1-2H3/t9-,12-/m1/s1. The van der Waals surface area contributed by atoms with E-state index < -0.39 is 0 Å². The van der Waals surface area contributed by atoms with E-state index in [0.717, 1.165) is 24.3 Å². The maximum atomic E-state index is 13.1. The summed E-state index contributed by atoms with van der Waals surface area (Å²) in [7, 11) is 0. The maximum Gasteiger partial charge on any atom is 0.125 e. The molecule has 0 spiro atoms. The first-order valence-corrected chi connectivity index (χ1v) is 5.30.